The highest BCUT2D eigenvalue weighted by Gasteiger charge is 2.42. The summed E-state index contributed by atoms with van der Waals surface area (Å²) in [6.45, 7) is 4.75. The van der Waals surface area contributed by atoms with E-state index < -0.39 is 35.7 Å². The van der Waals surface area contributed by atoms with Crippen molar-refractivity contribution in [3.63, 3.8) is 0 Å². The van der Waals surface area contributed by atoms with E-state index in [0.717, 1.165) is 4.90 Å². The van der Waals surface area contributed by atoms with Gasteiger partial charge in [0.1, 0.15) is 34.8 Å². The second-order valence-corrected chi connectivity index (χ2v) is 8.00. The molecule has 9 nitrogen and oxygen atoms in total. The first-order chi connectivity index (χ1) is 14.0. The molecule has 0 saturated carbocycles. The highest BCUT2D eigenvalue weighted by atomic mass is 19.1. The predicted octanol–water partition coefficient (Wildman–Crippen LogP) is 2.83. The van der Waals surface area contributed by atoms with E-state index in [2.05, 4.69) is 5.32 Å². The van der Waals surface area contributed by atoms with Crippen LogP contribution in [0.3, 0.4) is 0 Å². The molecule has 10 heteroatoms. The maximum absolute atomic E-state index is 14.1. The van der Waals surface area contributed by atoms with Gasteiger partial charge in [0.05, 0.1) is 13.7 Å². The highest BCUT2D eigenvalue weighted by molar-refractivity contribution is 6.11. The van der Waals surface area contributed by atoms with Gasteiger partial charge in [-0.3, -0.25) is 14.5 Å². The molecule has 1 aromatic heterocycles. The van der Waals surface area contributed by atoms with Gasteiger partial charge in [0, 0.05) is 11.8 Å². The topological polar surface area (TPSA) is 124 Å². The minimum Gasteiger partial charge on any atom is -0.497 e. The lowest BCUT2D eigenvalue weighted by molar-refractivity contribution is -0.120. The van der Waals surface area contributed by atoms with Crippen molar-refractivity contribution >= 4 is 34.6 Å². The molecular weight excluding hydrogens is 397 g/mol. The monoisotopic (exact) mass is 421 g/mol. The first kappa shape index (κ1) is 21.4. The summed E-state index contributed by atoms with van der Waals surface area (Å²) in [6, 6.07) is 3.64. The van der Waals surface area contributed by atoms with Crippen LogP contribution in [0.4, 0.5) is 14.9 Å². The smallest absolute Gasteiger partial charge is 0.411 e. The molecule has 1 saturated heterocycles. The Kier molecular flexibility index (Phi) is 5.60. The number of ether oxygens (including phenoxy) is 2. The van der Waals surface area contributed by atoms with Crippen molar-refractivity contribution in [2.75, 3.05) is 19.0 Å². The number of likely N-dealkylation sites (tertiary alicyclic amines) is 1. The van der Waals surface area contributed by atoms with Gasteiger partial charge in [0.15, 0.2) is 0 Å². The summed E-state index contributed by atoms with van der Waals surface area (Å²) in [7, 11) is 1.47. The molecule has 0 bridgehead atoms. The Labute approximate surface area is 172 Å². The van der Waals surface area contributed by atoms with Crippen LogP contribution in [0.1, 0.15) is 37.7 Å². The van der Waals surface area contributed by atoms with Crippen molar-refractivity contribution in [3.05, 3.63) is 24.0 Å². The number of furan rings is 1. The Balaban J connectivity index is 1.92. The zero-order chi connectivity index (χ0) is 22.2. The molecule has 3 N–H and O–H groups in total. The van der Waals surface area contributed by atoms with E-state index in [1.807, 2.05) is 0 Å². The van der Waals surface area contributed by atoms with E-state index in [4.69, 9.17) is 19.6 Å². The molecule has 2 atom stereocenters. The number of hydrogen-bond donors (Lipinski definition) is 2. The number of rotatable bonds is 4. The molecule has 1 aromatic carbocycles. The Morgan fingerprint density at radius 3 is 2.60 bits per heavy atom. The first-order valence-corrected chi connectivity index (χ1v) is 9.35. The molecule has 0 radical (unpaired) electrons. The Bertz CT molecular complexity index is 996. The number of halogens is 1. The van der Waals surface area contributed by atoms with E-state index in [9.17, 15) is 18.8 Å². The number of nitrogens with one attached hydrogen (secondary N) is 1. The molecule has 1 fully saturated rings. The predicted molar refractivity (Wildman–Crippen MR) is 106 cm³/mol. The number of carbonyl (C=O) groups is 3. The highest BCUT2D eigenvalue weighted by Crippen LogP contribution is 2.34. The number of nitrogens with zero attached hydrogens (tertiary/aromatic N) is 1. The number of primary amides is 1. The third kappa shape index (κ3) is 4.32. The molecule has 0 spiro atoms. The van der Waals surface area contributed by atoms with E-state index in [1.165, 1.54) is 7.11 Å². The zero-order valence-corrected chi connectivity index (χ0v) is 17.2. The number of amides is 3. The van der Waals surface area contributed by atoms with Gasteiger partial charge in [-0.2, -0.15) is 0 Å². The number of anilines is 1. The van der Waals surface area contributed by atoms with Gasteiger partial charge in [-0.05, 0) is 39.0 Å². The fourth-order valence-corrected chi connectivity index (χ4v) is 3.26. The minimum absolute atomic E-state index is 0.0350. The van der Waals surface area contributed by atoms with Gasteiger partial charge < -0.3 is 24.9 Å². The second-order valence-electron chi connectivity index (χ2n) is 8.00. The number of benzene rings is 1. The Morgan fingerprint density at radius 1 is 1.30 bits per heavy atom. The van der Waals surface area contributed by atoms with Crippen LogP contribution in [0.5, 0.6) is 5.75 Å². The first-order valence-electron chi connectivity index (χ1n) is 9.35. The van der Waals surface area contributed by atoms with Crippen LogP contribution in [-0.2, 0) is 9.53 Å². The Morgan fingerprint density at radius 2 is 2.00 bits per heavy atom. The normalized spacial score (nSPS) is 19.0. The van der Waals surface area contributed by atoms with Crippen LogP contribution < -0.4 is 15.8 Å². The summed E-state index contributed by atoms with van der Waals surface area (Å²) in [6.07, 6.45) is -2.38. The number of hydrogen-bond acceptors (Lipinski definition) is 6. The van der Waals surface area contributed by atoms with Gasteiger partial charge in [0.2, 0.25) is 11.7 Å². The lowest BCUT2D eigenvalue weighted by Crippen LogP contribution is -2.45. The summed E-state index contributed by atoms with van der Waals surface area (Å²) in [5.41, 5.74) is 4.92. The minimum atomic E-state index is -1.38. The molecule has 2 heterocycles. The molecule has 0 unspecified atom stereocenters. The molecule has 3 amide bonds. The van der Waals surface area contributed by atoms with Crippen LogP contribution in [0.2, 0.25) is 0 Å². The van der Waals surface area contributed by atoms with Crippen LogP contribution in [0.25, 0.3) is 11.0 Å². The molecule has 1 aliphatic heterocycles. The van der Waals surface area contributed by atoms with Crippen LogP contribution in [-0.4, -0.2) is 54.3 Å². The quantitative estimate of drug-likeness (QED) is 0.782. The average Bonchev–Trinajstić information content (AvgIpc) is 3.21. The van der Waals surface area contributed by atoms with Crippen molar-refractivity contribution in [1.82, 2.24) is 4.90 Å². The maximum atomic E-state index is 14.1. The SMILES string of the molecule is COc1ccc2oc(C(N)=O)c(NC(=O)[C@@H]3C[C@H](F)CN3C(=O)OC(C)(C)C)c2c1. The lowest BCUT2D eigenvalue weighted by atomic mass is 10.1. The summed E-state index contributed by atoms with van der Waals surface area (Å²) in [5.74, 6) is -1.37. The number of methoxy groups -OCH3 is 1. The largest absolute Gasteiger partial charge is 0.497 e. The maximum Gasteiger partial charge on any atom is 0.411 e. The van der Waals surface area contributed by atoms with Crippen molar-refractivity contribution in [1.29, 1.82) is 0 Å². The summed E-state index contributed by atoms with van der Waals surface area (Å²) < 4.78 is 30.0. The van der Waals surface area contributed by atoms with Gasteiger partial charge in [0.25, 0.3) is 5.91 Å². The van der Waals surface area contributed by atoms with Gasteiger partial charge in [-0.1, -0.05) is 0 Å². The van der Waals surface area contributed by atoms with E-state index in [0.29, 0.717) is 16.7 Å². The van der Waals surface area contributed by atoms with Crippen molar-refractivity contribution in [2.45, 2.75) is 45.0 Å². The fourth-order valence-electron chi connectivity index (χ4n) is 3.26. The fraction of sp³-hybridized carbons (Fsp3) is 0.450. The standard InChI is InChI=1S/C20H24FN3O6/c1-20(2,3)30-19(27)24-9-10(21)7-13(24)18(26)23-15-12-8-11(28-4)5-6-14(12)29-16(15)17(22)25/h5-6,8,10,13H,7,9H2,1-4H3,(H2,22,25)(H,23,26)/t10-,13-/m0/s1. The number of fused-ring (bicyclic) bond motifs is 1. The number of alkyl halides is 1. The van der Waals surface area contributed by atoms with Crippen LogP contribution in [0, 0.1) is 0 Å². The average molecular weight is 421 g/mol. The molecule has 2 aromatic rings. The van der Waals surface area contributed by atoms with Gasteiger partial charge >= 0.3 is 6.09 Å². The van der Waals surface area contributed by atoms with E-state index in [1.54, 1.807) is 39.0 Å². The molecular formula is C20H24FN3O6. The van der Waals surface area contributed by atoms with Crippen molar-refractivity contribution < 1.29 is 32.7 Å². The summed E-state index contributed by atoms with van der Waals surface area (Å²) in [5, 5.41) is 2.96. The second kappa shape index (κ2) is 7.85. The number of carbonyl (C=O) groups excluding carboxylic acids is 3. The number of nitrogens with two attached hydrogens (primary N) is 1. The lowest BCUT2D eigenvalue weighted by Gasteiger charge is -2.27. The van der Waals surface area contributed by atoms with Crippen molar-refractivity contribution in [3.8, 4) is 5.75 Å². The van der Waals surface area contributed by atoms with Gasteiger partial charge in [-0.15, -0.1) is 0 Å². The van der Waals surface area contributed by atoms with Crippen LogP contribution in [0.15, 0.2) is 22.6 Å². The zero-order valence-electron chi connectivity index (χ0n) is 17.2. The molecule has 162 valence electrons. The van der Waals surface area contributed by atoms with Crippen molar-refractivity contribution in [2.24, 2.45) is 5.73 Å². The summed E-state index contributed by atoms with van der Waals surface area (Å²) >= 11 is 0. The third-order valence-corrected chi connectivity index (χ3v) is 4.55. The van der Waals surface area contributed by atoms with Gasteiger partial charge in [-0.25, -0.2) is 9.18 Å². The van der Waals surface area contributed by atoms with E-state index in [-0.39, 0.29) is 24.4 Å². The van der Waals surface area contributed by atoms with Crippen LogP contribution >= 0.6 is 0 Å². The molecule has 30 heavy (non-hydrogen) atoms. The molecule has 1 aliphatic rings. The summed E-state index contributed by atoms with van der Waals surface area (Å²) in [4.78, 5) is 38.3. The third-order valence-electron chi connectivity index (χ3n) is 4.55. The Hall–Kier alpha value is -3.30. The van der Waals surface area contributed by atoms with E-state index >= 15 is 0 Å². The molecule has 3 rings (SSSR count). The molecule has 0 aliphatic carbocycles.